The summed E-state index contributed by atoms with van der Waals surface area (Å²) in [6, 6.07) is 4.53. The van der Waals surface area contributed by atoms with Gasteiger partial charge in [-0.3, -0.25) is 9.48 Å². The van der Waals surface area contributed by atoms with Crippen LogP contribution in [0.15, 0.2) is 22.7 Å². The minimum Gasteiger partial charge on any atom is -0.493 e. The molecule has 6 nitrogen and oxygen atoms in total. The smallest absolute Gasteiger partial charge is 0.436 e. The van der Waals surface area contributed by atoms with E-state index in [1.54, 1.807) is 19.2 Å². The first-order valence-electron chi connectivity index (χ1n) is 8.40. The molecule has 0 fully saturated rings. The lowest BCUT2D eigenvalue weighted by Gasteiger charge is -2.15. The predicted octanol–water partition coefficient (Wildman–Crippen LogP) is 3.91. The van der Waals surface area contributed by atoms with Gasteiger partial charge in [-0.15, -0.1) is 0 Å². The Bertz CT molecular complexity index is 853. The number of nitrogens with one attached hydrogen (secondary N) is 1. The van der Waals surface area contributed by atoms with Gasteiger partial charge in [0.1, 0.15) is 6.04 Å². The predicted molar refractivity (Wildman–Crippen MR) is 101 cm³/mol. The molecule has 1 aromatic heterocycles. The molecule has 0 saturated carbocycles. The third-order valence-corrected chi connectivity index (χ3v) is 5.20. The van der Waals surface area contributed by atoms with E-state index in [0.29, 0.717) is 24.5 Å². The van der Waals surface area contributed by atoms with Crippen molar-refractivity contribution in [2.75, 3.05) is 20.8 Å². The van der Waals surface area contributed by atoms with Gasteiger partial charge < -0.3 is 14.8 Å². The van der Waals surface area contributed by atoms with Gasteiger partial charge in [0.2, 0.25) is 5.91 Å². The summed E-state index contributed by atoms with van der Waals surface area (Å²) in [6.07, 6.45) is -4.08. The second-order valence-corrected chi connectivity index (χ2v) is 6.89. The van der Waals surface area contributed by atoms with Gasteiger partial charge in [0.05, 0.1) is 24.4 Å². The zero-order valence-electron chi connectivity index (χ0n) is 15.9. The first-order chi connectivity index (χ1) is 13.1. The van der Waals surface area contributed by atoms with Crippen LogP contribution in [0, 0.1) is 6.92 Å². The zero-order chi connectivity index (χ0) is 21.1. The molecule has 154 valence electrons. The van der Waals surface area contributed by atoms with E-state index in [1.807, 2.05) is 6.07 Å². The van der Waals surface area contributed by atoms with Crippen molar-refractivity contribution in [3.63, 3.8) is 0 Å². The maximum Gasteiger partial charge on any atom is 0.436 e. The Morgan fingerprint density at radius 1 is 1.29 bits per heavy atom. The van der Waals surface area contributed by atoms with Crippen LogP contribution in [0.25, 0.3) is 0 Å². The van der Waals surface area contributed by atoms with Crippen LogP contribution >= 0.6 is 15.9 Å². The van der Waals surface area contributed by atoms with Crippen molar-refractivity contribution in [2.24, 2.45) is 0 Å². The van der Waals surface area contributed by atoms with Gasteiger partial charge in [-0.25, -0.2) is 0 Å². The van der Waals surface area contributed by atoms with Crippen molar-refractivity contribution >= 4 is 21.8 Å². The average molecular weight is 464 g/mol. The fraction of sp³-hybridized carbons (Fsp3) is 0.444. The third kappa shape index (κ3) is 4.78. The van der Waals surface area contributed by atoms with Crippen LogP contribution in [0.4, 0.5) is 13.2 Å². The number of aromatic nitrogens is 2. The van der Waals surface area contributed by atoms with E-state index in [4.69, 9.17) is 9.47 Å². The number of alkyl halides is 3. The number of carbonyl (C=O) groups excluding carboxylic acids is 1. The number of benzene rings is 1. The summed E-state index contributed by atoms with van der Waals surface area (Å²) < 4.78 is 50.3. The Labute approximate surface area is 169 Å². The topological polar surface area (TPSA) is 65.4 Å². The van der Waals surface area contributed by atoms with Crippen molar-refractivity contribution in [1.82, 2.24) is 15.1 Å². The second kappa shape index (κ2) is 8.85. The van der Waals surface area contributed by atoms with Gasteiger partial charge in [-0.2, -0.15) is 18.3 Å². The summed E-state index contributed by atoms with van der Waals surface area (Å²) in [5, 5.41) is 6.28. The molecular weight excluding hydrogens is 443 g/mol. The fourth-order valence-electron chi connectivity index (χ4n) is 2.68. The maximum atomic E-state index is 13.0. The molecule has 0 spiro atoms. The van der Waals surface area contributed by atoms with E-state index in [-0.39, 0.29) is 10.2 Å². The van der Waals surface area contributed by atoms with Crippen molar-refractivity contribution < 1.29 is 27.4 Å². The van der Waals surface area contributed by atoms with Gasteiger partial charge >= 0.3 is 6.18 Å². The molecule has 0 aliphatic heterocycles. The highest BCUT2D eigenvalue weighted by Gasteiger charge is 2.38. The minimum atomic E-state index is -4.60. The highest BCUT2D eigenvalue weighted by Crippen LogP contribution is 2.36. The van der Waals surface area contributed by atoms with Crippen LogP contribution in [0.2, 0.25) is 0 Å². The van der Waals surface area contributed by atoms with Crippen LogP contribution in [-0.4, -0.2) is 36.5 Å². The molecule has 1 amide bonds. The summed E-state index contributed by atoms with van der Waals surface area (Å²) in [6.45, 7) is 3.28. The number of ether oxygens (including phenoxy) is 2. The molecule has 1 aromatic carbocycles. The van der Waals surface area contributed by atoms with Crippen molar-refractivity contribution in [3.8, 4) is 11.5 Å². The molecule has 1 unspecified atom stereocenters. The number of hydrogen-bond acceptors (Lipinski definition) is 4. The van der Waals surface area contributed by atoms with Crippen LogP contribution in [0.1, 0.15) is 29.9 Å². The molecule has 1 heterocycles. The lowest BCUT2D eigenvalue weighted by molar-refractivity contribution is -0.142. The lowest BCUT2D eigenvalue weighted by Crippen LogP contribution is -2.33. The molecule has 0 bridgehead atoms. The summed E-state index contributed by atoms with van der Waals surface area (Å²) >= 11 is 2.91. The van der Waals surface area contributed by atoms with Gasteiger partial charge in [0, 0.05) is 6.54 Å². The highest BCUT2D eigenvalue weighted by atomic mass is 79.9. The molecule has 0 radical (unpaired) electrons. The van der Waals surface area contributed by atoms with E-state index in [0.717, 1.165) is 10.2 Å². The van der Waals surface area contributed by atoms with Crippen LogP contribution in [0.5, 0.6) is 11.5 Å². The standard InChI is InChI=1S/C18H21BrF3N3O3/c1-10-15(19)16(18(20,21)22)24-25(10)11(2)17(26)23-8-7-12-5-6-13(27-3)14(9-12)28-4/h5-6,9,11H,7-8H2,1-4H3,(H,23,26). The largest absolute Gasteiger partial charge is 0.493 e. The van der Waals surface area contributed by atoms with E-state index in [2.05, 4.69) is 26.3 Å². The Balaban J connectivity index is 2.02. The third-order valence-electron chi connectivity index (χ3n) is 4.25. The Hall–Kier alpha value is -2.23. The monoisotopic (exact) mass is 463 g/mol. The summed E-state index contributed by atoms with van der Waals surface area (Å²) in [5.41, 5.74) is 0.104. The Morgan fingerprint density at radius 3 is 2.46 bits per heavy atom. The number of nitrogens with zero attached hydrogens (tertiary/aromatic N) is 2. The molecule has 0 aliphatic rings. The minimum absolute atomic E-state index is 0.162. The number of halogens is 4. The molecule has 1 N–H and O–H groups in total. The van der Waals surface area contributed by atoms with Crippen LogP contribution in [0.3, 0.4) is 0 Å². The van der Waals surface area contributed by atoms with Crippen molar-refractivity contribution in [1.29, 1.82) is 0 Å². The Kier molecular flexibility index (Phi) is 6.97. The number of methoxy groups -OCH3 is 2. The molecular formula is C18H21BrF3N3O3. The number of hydrogen-bond donors (Lipinski definition) is 1. The van der Waals surface area contributed by atoms with E-state index in [1.165, 1.54) is 21.0 Å². The first kappa shape index (κ1) is 22.1. The molecule has 1 atom stereocenters. The maximum absolute atomic E-state index is 13.0. The molecule has 28 heavy (non-hydrogen) atoms. The van der Waals surface area contributed by atoms with Crippen molar-refractivity contribution in [3.05, 3.63) is 39.6 Å². The molecule has 0 saturated heterocycles. The van der Waals surface area contributed by atoms with Crippen LogP contribution in [-0.2, 0) is 17.4 Å². The van der Waals surface area contributed by atoms with E-state index < -0.39 is 23.8 Å². The lowest BCUT2D eigenvalue weighted by atomic mass is 10.1. The Morgan fingerprint density at radius 2 is 1.93 bits per heavy atom. The van der Waals surface area contributed by atoms with E-state index in [9.17, 15) is 18.0 Å². The van der Waals surface area contributed by atoms with Gasteiger partial charge in [0.25, 0.3) is 0 Å². The van der Waals surface area contributed by atoms with E-state index >= 15 is 0 Å². The summed E-state index contributed by atoms with van der Waals surface area (Å²) in [7, 11) is 3.07. The molecule has 10 heteroatoms. The van der Waals surface area contributed by atoms with Crippen LogP contribution < -0.4 is 14.8 Å². The number of amides is 1. The molecule has 0 aliphatic carbocycles. The molecule has 2 rings (SSSR count). The van der Waals surface area contributed by atoms with Crippen molar-refractivity contribution in [2.45, 2.75) is 32.5 Å². The second-order valence-electron chi connectivity index (χ2n) is 6.10. The fourth-order valence-corrected chi connectivity index (χ4v) is 3.17. The average Bonchev–Trinajstić information content (AvgIpc) is 2.96. The highest BCUT2D eigenvalue weighted by molar-refractivity contribution is 9.10. The normalized spacial score (nSPS) is 12.6. The van der Waals surface area contributed by atoms with Gasteiger partial charge in [-0.05, 0) is 53.9 Å². The summed E-state index contributed by atoms with van der Waals surface area (Å²) in [5.74, 6) is 0.757. The first-order valence-corrected chi connectivity index (χ1v) is 9.19. The zero-order valence-corrected chi connectivity index (χ0v) is 17.4. The van der Waals surface area contributed by atoms with Gasteiger partial charge in [0.15, 0.2) is 17.2 Å². The van der Waals surface area contributed by atoms with Gasteiger partial charge in [-0.1, -0.05) is 6.07 Å². The quantitative estimate of drug-likeness (QED) is 0.675. The summed E-state index contributed by atoms with van der Waals surface area (Å²) in [4.78, 5) is 12.4. The number of carbonyl (C=O) groups is 1. The molecule has 2 aromatic rings. The number of rotatable bonds is 7. The SMILES string of the molecule is COc1ccc(CCNC(=O)C(C)n2nc(C(F)(F)F)c(Br)c2C)cc1OC.